The zero-order valence-electron chi connectivity index (χ0n) is 12.4. The molecule has 0 saturated heterocycles. The van der Waals surface area contributed by atoms with E-state index in [4.69, 9.17) is 5.73 Å². The minimum Gasteiger partial charge on any atom is -0.330 e. The Kier molecular flexibility index (Phi) is 5.77. The Morgan fingerprint density at radius 2 is 1.85 bits per heavy atom. The summed E-state index contributed by atoms with van der Waals surface area (Å²) in [6.07, 6.45) is 2.09. The summed E-state index contributed by atoms with van der Waals surface area (Å²) >= 11 is 1.84. The molecular formula is C17H24N2S. The van der Waals surface area contributed by atoms with Crippen LogP contribution in [-0.2, 0) is 19.4 Å². The number of likely N-dealkylation sites (N-methyl/N-ethyl adjacent to an activating group) is 1. The van der Waals surface area contributed by atoms with Gasteiger partial charge in [0.25, 0.3) is 0 Å². The molecule has 0 aliphatic rings. The molecule has 1 unspecified atom stereocenters. The molecule has 0 amide bonds. The van der Waals surface area contributed by atoms with Crippen LogP contribution in [0.25, 0.3) is 0 Å². The Bertz CT molecular complexity index is 490. The summed E-state index contributed by atoms with van der Waals surface area (Å²) in [5.74, 6) is 0. The van der Waals surface area contributed by atoms with Crippen molar-refractivity contribution in [3.63, 3.8) is 0 Å². The van der Waals surface area contributed by atoms with E-state index in [0.717, 1.165) is 25.9 Å². The average molecular weight is 288 g/mol. The van der Waals surface area contributed by atoms with Gasteiger partial charge in [0.15, 0.2) is 0 Å². The largest absolute Gasteiger partial charge is 0.330 e. The molecule has 1 heterocycles. The first kappa shape index (κ1) is 15.2. The lowest BCUT2D eigenvalue weighted by molar-refractivity contribution is 0.249. The van der Waals surface area contributed by atoms with Crippen molar-refractivity contribution in [3.8, 4) is 0 Å². The van der Waals surface area contributed by atoms with Gasteiger partial charge in [0, 0.05) is 17.5 Å². The van der Waals surface area contributed by atoms with Crippen molar-refractivity contribution in [1.82, 2.24) is 4.90 Å². The van der Waals surface area contributed by atoms with Crippen LogP contribution < -0.4 is 5.73 Å². The number of rotatable bonds is 7. The van der Waals surface area contributed by atoms with E-state index in [2.05, 4.69) is 60.6 Å². The third kappa shape index (κ3) is 4.44. The van der Waals surface area contributed by atoms with Crippen molar-refractivity contribution >= 4 is 11.3 Å². The number of nitrogens with zero attached hydrogens (tertiary/aromatic N) is 1. The topological polar surface area (TPSA) is 29.3 Å². The van der Waals surface area contributed by atoms with Gasteiger partial charge in [-0.25, -0.2) is 0 Å². The maximum absolute atomic E-state index is 5.58. The summed E-state index contributed by atoms with van der Waals surface area (Å²) in [6.45, 7) is 4.01. The van der Waals surface area contributed by atoms with Crippen LogP contribution in [-0.4, -0.2) is 24.5 Å². The number of thiophene rings is 1. The van der Waals surface area contributed by atoms with Gasteiger partial charge in [-0.15, -0.1) is 11.3 Å². The smallest absolute Gasteiger partial charge is 0.0233 e. The predicted octanol–water partition coefficient (Wildman–Crippen LogP) is 3.31. The fourth-order valence-corrected chi connectivity index (χ4v) is 3.12. The summed E-state index contributed by atoms with van der Waals surface area (Å²) < 4.78 is 0. The van der Waals surface area contributed by atoms with E-state index in [-0.39, 0.29) is 0 Å². The van der Waals surface area contributed by atoms with Gasteiger partial charge in [-0.05, 0) is 55.9 Å². The van der Waals surface area contributed by atoms with Crippen LogP contribution in [0.4, 0.5) is 0 Å². The maximum atomic E-state index is 5.58. The van der Waals surface area contributed by atoms with E-state index >= 15 is 0 Å². The van der Waals surface area contributed by atoms with Crippen LogP contribution in [0, 0.1) is 0 Å². The highest BCUT2D eigenvalue weighted by Crippen LogP contribution is 2.15. The summed E-state index contributed by atoms with van der Waals surface area (Å²) in [5.41, 5.74) is 8.27. The second-order valence-electron chi connectivity index (χ2n) is 5.40. The number of nitrogens with two attached hydrogens (primary N) is 1. The molecule has 2 rings (SSSR count). The number of hydrogen-bond acceptors (Lipinski definition) is 3. The van der Waals surface area contributed by atoms with Gasteiger partial charge < -0.3 is 5.73 Å². The Morgan fingerprint density at radius 1 is 1.15 bits per heavy atom. The molecule has 2 nitrogen and oxygen atoms in total. The molecule has 0 saturated carbocycles. The molecular weight excluding hydrogens is 264 g/mol. The zero-order chi connectivity index (χ0) is 14.4. The highest BCUT2D eigenvalue weighted by molar-refractivity contribution is 7.09. The normalized spacial score (nSPS) is 12.8. The molecule has 2 N–H and O–H groups in total. The Morgan fingerprint density at radius 3 is 2.45 bits per heavy atom. The van der Waals surface area contributed by atoms with Crippen LogP contribution >= 0.6 is 11.3 Å². The van der Waals surface area contributed by atoms with Crippen LogP contribution in [0.15, 0.2) is 41.8 Å². The van der Waals surface area contributed by atoms with Crippen LogP contribution in [0.1, 0.15) is 22.9 Å². The third-order valence-electron chi connectivity index (χ3n) is 3.72. The zero-order valence-corrected chi connectivity index (χ0v) is 13.2. The van der Waals surface area contributed by atoms with Gasteiger partial charge in [0.05, 0.1) is 0 Å². The molecule has 1 aromatic carbocycles. The SMILES string of the molecule is CC(Cc1cccs1)N(C)Cc1ccc(CCN)cc1. The van der Waals surface area contributed by atoms with Crippen LogP contribution in [0.2, 0.25) is 0 Å². The van der Waals surface area contributed by atoms with Gasteiger partial charge in [0.1, 0.15) is 0 Å². The molecule has 0 fully saturated rings. The highest BCUT2D eigenvalue weighted by atomic mass is 32.1. The molecule has 1 aromatic heterocycles. The van der Waals surface area contributed by atoms with Crippen molar-refractivity contribution in [2.24, 2.45) is 5.73 Å². The van der Waals surface area contributed by atoms with E-state index in [1.165, 1.54) is 16.0 Å². The third-order valence-corrected chi connectivity index (χ3v) is 4.62. The molecule has 20 heavy (non-hydrogen) atoms. The highest BCUT2D eigenvalue weighted by Gasteiger charge is 2.11. The summed E-state index contributed by atoms with van der Waals surface area (Å²) in [5, 5.41) is 2.15. The second kappa shape index (κ2) is 7.58. The Hall–Kier alpha value is -1.16. The Labute approximate surface area is 126 Å². The summed E-state index contributed by atoms with van der Waals surface area (Å²) in [6, 6.07) is 13.7. The van der Waals surface area contributed by atoms with Gasteiger partial charge >= 0.3 is 0 Å². The lowest BCUT2D eigenvalue weighted by Gasteiger charge is -2.24. The van der Waals surface area contributed by atoms with Gasteiger partial charge in [-0.3, -0.25) is 4.90 Å². The molecule has 0 aliphatic heterocycles. The molecule has 0 spiro atoms. The minimum atomic E-state index is 0.553. The summed E-state index contributed by atoms with van der Waals surface area (Å²) in [7, 11) is 2.20. The molecule has 2 aromatic rings. The second-order valence-corrected chi connectivity index (χ2v) is 6.44. The first-order chi connectivity index (χ1) is 9.69. The van der Waals surface area contributed by atoms with E-state index in [1.807, 2.05) is 11.3 Å². The fraction of sp³-hybridized carbons (Fsp3) is 0.412. The summed E-state index contributed by atoms with van der Waals surface area (Å²) in [4.78, 5) is 3.88. The van der Waals surface area contributed by atoms with Crippen molar-refractivity contribution in [2.45, 2.75) is 32.4 Å². The van der Waals surface area contributed by atoms with E-state index in [1.54, 1.807) is 0 Å². The lowest BCUT2D eigenvalue weighted by atomic mass is 10.1. The quantitative estimate of drug-likeness (QED) is 0.847. The molecule has 3 heteroatoms. The Balaban J connectivity index is 1.88. The minimum absolute atomic E-state index is 0.553. The van der Waals surface area contributed by atoms with Crippen molar-refractivity contribution < 1.29 is 0 Å². The standard InChI is InChI=1S/C17H24N2S/c1-14(12-17-4-3-11-20-17)19(2)13-16-7-5-15(6-8-16)9-10-18/h3-8,11,14H,9-10,12-13,18H2,1-2H3. The van der Waals surface area contributed by atoms with Crippen LogP contribution in [0.5, 0.6) is 0 Å². The van der Waals surface area contributed by atoms with Gasteiger partial charge in [-0.2, -0.15) is 0 Å². The molecule has 1 atom stereocenters. The van der Waals surface area contributed by atoms with E-state index < -0.39 is 0 Å². The van der Waals surface area contributed by atoms with Gasteiger partial charge in [0.2, 0.25) is 0 Å². The molecule has 0 radical (unpaired) electrons. The van der Waals surface area contributed by atoms with Crippen molar-refractivity contribution in [3.05, 3.63) is 57.8 Å². The van der Waals surface area contributed by atoms with Crippen molar-refractivity contribution in [2.75, 3.05) is 13.6 Å². The maximum Gasteiger partial charge on any atom is 0.0233 e. The average Bonchev–Trinajstić information content (AvgIpc) is 2.94. The van der Waals surface area contributed by atoms with E-state index in [9.17, 15) is 0 Å². The molecule has 0 aliphatic carbocycles. The molecule has 108 valence electrons. The predicted molar refractivity (Wildman–Crippen MR) is 88.2 cm³/mol. The molecule has 0 bridgehead atoms. The van der Waals surface area contributed by atoms with Crippen LogP contribution in [0.3, 0.4) is 0 Å². The van der Waals surface area contributed by atoms with E-state index in [0.29, 0.717) is 6.04 Å². The fourth-order valence-electron chi connectivity index (χ4n) is 2.30. The van der Waals surface area contributed by atoms with Gasteiger partial charge in [-0.1, -0.05) is 30.3 Å². The first-order valence-corrected chi connectivity index (χ1v) is 8.07. The lowest BCUT2D eigenvalue weighted by Crippen LogP contribution is -2.30. The number of benzene rings is 1. The monoisotopic (exact) mass is 288 g/mol. The first-order valence-electron chi connectivity index (χ1n) is 7.19. The number of hydrogen-bond donors (Lipinski definition) is 1. The van der Waals surface area contributed by atoms with Crippen molar-refractivity contribution in [1.29, 1.82) is 0 Å².